The molecule has 2 N–H and O–H groups in total. The third-order valence-electron chi connectivity index (χ3n) is 2.99. The molecule has 0 aliphatic carbocycles. The average Bonchev–Trinajstić information content (AvgIpc) is 2.37. The van der Waals surface area contributed by atoms with Crippen molar-refractivity contribution in [2.75, 3.05) is 6.54 Å². The summed E-state index contributed by atoms with van der Waals surface area (Å²) in [5.41, 5.74) is 1.55. The lowest BCUT2D eigenvalue weighted by Crippen LogP contribution is -2.23. The van der Waals surface area contributed by atoms with Crippen molar-refractivity contribution in [2.24, 2.45) is 0 Å². The van der Waals surface area contributed by atoms with E-state index >= 15 is 0 Å². The molecule has 2 aromatic rings. The van der Waals surface area contributed by atoms with Gasteiger partial charge >= 0.3 is 0 Å². The molecule has 0 radical (unpaired) electrons. The Morgan fingerprint density at radius 2 is 2.06 bits per heavy atom. The second-order valence-electron chi connectivity index (χ2n) is 4.42. The van der Waals surface area contributed by atoms with Crippen molar-refractivity contribution in [3.63, 3.8) is 0 Å². The Hall–Kier alpha value is -2.03. The summed E-state index contributed by atoms with van der Waals surface area (Å²) in [5, 5.41) is 14.5. The highest BCUT2D eigenvalue weighted by Gasteiger charge is 2.10. The summed E-state index contributed by atoms with van der Waals surface area (Å²) >= 11 is 0. The van der Waals surface area contributed by atoms with Crippen molar-refractivity contribution >= 4 is 16.7 Å². The monoisotopic (exact) mass is 243 g/mol. The van der Waals surface area contributed by atoms with E-state index < -0.39 is 0 Å². The van der Waals surface area contributed by atoms with Crippen molar-refractivity contribution in [2.45, 2.75) is 20.3 Å². The Morgan fingerprint density at radius 3 is 2.78 bits per heavy atom. The predicted octanol–water partition coefficient (Wildman–Crippen LogP) is 2.99. The van der Waals surface area contributed by atoms with Gasteiger partial charge in [0.25, 0.3) is 5.91 Å². The first-order valence-electron chi connectivity index (χ1n) is 6.14. The van der Waals surface area contributed by atoms with E-state index in [-0.39, 0.29) is 11.7 Å². The Morgan fingerprint density at radius 1 is 1.28 bits per heavy atom. The van der Waals surface area contributed by atoms with Gasteiger partial charge in [0.05, 0.1) is 0 Å². The smallest absolute Gasteiger partial charge is 0.251 e. The zero-order valence-corrected chi connectivity index (χ0v) is 10.7. The Labute approximate surface area is 106 Å². The van der Waals surface area contributed by atoms with Crippen molar-refractivity contribution in [3.05, 3.63) is 41.5 Å². The standard InChI is InChI=1S/C15H17NO2/c1-3-7-16-15(18)11-8-13-10(2)5-4-6-12(13)14(17)9-11/h4-6,8-9,17H,3,7H2,1-2H3,(H,16,18). The van der Waals surface area contributed by atoms with Gasteiger partial charge in [0.2, 0.25) is 0 Å². The van der Waals surface area contributed by atoms with Crippen LogP contribution >= 0.6 is 0 Å². The van der Waals surface area contributed by atoms with E-state index in [4.69, 9.17) is 0 Å². The molecule has 0 spiro atoms. The van der Waals surface area contributed by atoms with Crippen LogP contribution in [0.3, 0.4) is 0 Å². The van der Waals surface area contributed by atoms with E-state index in [9.17, 15) is 9.90 Å². The number of aromatic hydroxyl groups is 1. The van der Waals surface area contributed by atoms with Crippen LogP contribution in [-0.2, 0) is 0 Å². The summed E-state index contributed by atoms with van der Waals surface area (Å²) in [5.74, 6) is 0.00940. The Bertz CT molecular complexity index is 590. The molecule has 0 saturated carbocycles. The number of fused-ring (bicyclic) bond motifs is 1. The van der Waals surface area contributed by atoms with E-state index in [1.807, 2.05) is 38.1 Å². The van der Waals surface area contributed by atoms with Crippen molar-refractivity contribution in [3.8, 4) is 5.75 Å². The molecule has 0 fully saturated rings. The van der Waals surface area contributed by atoms with Crippen molar-refractivity contribution in [1.29, 1.82) is 0 Å². The number of benzene rings is 2. The third kappa shape index (κ3) is 2.30. The zero-order valence-electron chi connectivity index (χ0n) is 10.7. The molecule has 0 aliphatic heterocycles. The molecule has 0 aliphatic rings. The fraction of sp³-hybridized carbons (Fsp3) is 0.267. The molecule has 0 saturated heterocycles. The second-order valence-corrected chi connectivity index (χ2v) is 4.42. The second kappa shape index (κ2) is 5.08. The third-order valence-corrected chi connectivity index (χ3v) is 2.99. The molecule has 94 valence electrons. The maximum absolute atomic E-state index is 11.9. The maximum Gasteiger partial charge on any atom is 0.251 e. The molecule has 1 amide bonds. The van der Waals surface area contributed by atoms with Gasteiger partial charge in [-0.15, -0.1) is 0 Å². The van der Waals surface area contributed by atoms with Crippen molar-refractivity contribution in [1.82, 2.24) is 5.32 Å². The highest BCUT2D eigenvalue weighted by Crippen LogP contribution is 2.28. The van der Waals surface area contributed by atoms with Gasteiger partial charge in [-0.1, -0.05) is 25.1 Å². The van der Waals surface area contributed by atoms with Crippen LogP contribution in [0.25, 0.3) is 10.8 Å². The molecule has 0 unspecified atom stereocenters. The first-order valence-corrected chi connectivity index (χ1v) is 6.14. The molecule has 0 bridgehead atoms. The largest absolute Gasteiger partial charge is 0.507 e. The highest BCUT2D eigenvalue weighted by molar-refractivity contribution is 6.01. The van der Waals surface area contributed by atoms with E-state index in [0.717, 1.165) is 22.8 Å². The van der Waals surface area contributed by atoms with E-state index in [2.05, 4.69) is 5.32 Å². The lowest BCUT2D eigenvalue weighted by atomic mass is 10.0. The minimum Gasteiger partial charge on any atom is -0.507 e. The van der Waals surface area contributed by atoms with Crippen LogP contribution in [0.1, 0.15) is 29.3 Å². The molecular weight excluding hydrogens is 226 g/mol. The molecule has 18 heavy (non-hydrogen) atoms. The predicted molar refractivity (Wildman–Crippen MR) is 73.0 cm³/mol. The van der Waals surface area contributed by atoms with Gasteiger partial charge in [-0.05, 0) is 36.4 Å². The van der Waals surface area contributed by atoms with Gasteiger partial charge in [-0.2, -0.15) is 0 Å². The summed E-state index contributed by atoms with van der Waals surface area (Å²) in [6, 6.07) is 9.07. The number of hydrogen-bond acceptors (Lipinski definition) is 2. The highest BCUT2D eigenvalue weighted by atomic mass is 16.3. The van der Waals surface area contributed by atoms with Crippen molar-refractivity contribution < 1.29 is 9.90 Å². The van der Waals surface area contributed by atoms with Crippen LogP contribution in [0.15, 0.2) is 30.3 Å². The minimum atomic E-state index is -0.141. The number of rotatable bonds is 3. The normalized spacial score (nSPS) is 10.6. The lowest BCUT2D eigenvalue weighted by Gasteiger charge is -2.08. The zero-order chi connectivity index (χ0) is 13.1. The molecule has 2 aromatic carbocycles. The molecule has 2 rings (SSSR count). The first kappa shape index (κ1) is 12.4. The van der Waals surface area contributed by atoms with Gasteiger partial charge in [0.15, 0.2) is 0 Å². The number of nitrogens with one attached hydrogen (secondary N) is 1. The van der Waals surface area contributed by atoms with Gasteiger partial charge < -0.3 is 10.4 Å². The lowest BCUT2D eigenvalue weighted by molar-refractivity contribution is 0.0953. The first-order chi connectivity index (χ1) is 8.63. The maximum atomic E-state index is 11.9. The quantitative estimate of drug-likeness (QED) is 0.870. The Kier molecular flexibility index (Phi) is 3.51. The SMILES string of the molecule is CCCNC(=O)c1cc(O)c2cccc(C)c2c1. The summed E-state index contributed by atoms with van der Waals surface area (Å²) in [6.45, 7) is 4.61. The average molecular weight is 243 g/mol. The number of carbonyl (C=O) groups excluding carboxylic acids is 1. The van der Waals surface area contributed by atoms with Gasteiger partial charge in [-0.25, -0.2) is 0 Å². The topological polar surface area (TPSA) is 49.3 Å². The van der Waals surface area contributed by atoms with E-state index in [1.165, 1.54) is 6.07 Å². The fourth-order valence-corrected chi connectivity index (χ4v) is 1.99. The summed E-state index contributed by atoms with van der Waals surface area (Å²) in [4.78, 5) is 11.9. The summed E-state index contributed by atoms with van der Waals surface area (Å²) in [6.07, 6.45) is 0.893. The Balaban J connectivity index is 2.48. The molecule has 0 atom stereocenters. The van der Waals surface area contributed by atoms with Gasteiger partial charge in [-0.3, -0.25) is 4.79 Å². The van der Waals surface area contributed by atoms with E-state index in [1.54, 1.807) is 0 Å². The molecule has 0 aromatic heterocycles. The number of hydrogen-bond donors (Lipinski definition) is 2. The van der Waals surface area contributed by atoms with Crippen LogP contribution in [0.5, 0.6) is 5.75 Å². The van der Waals surface area contributed by atoms with Crippen LogP contribution in [0.2, 0.25) is 0 Å². The van der Waals surface area contributed by atoms with Crippen LogP contribution in [0.4, 0.5) is 0 Å². The van der Waals surface area contributed by atoms with Crippen LogP contribution in [-0.4, -0.2) is 17.6 Å². The van der Waals surface area contributed by atoms with Crippen LogP contribution in [0, 0.1) is 6.92 Å². The van der Waals surface area contributed by atoms with E-state index in [0.29, 0.717) is 12.1 Å². The number of carbonyl (C=O) groups is 1. The molecule has 0 heterocycles. The fourth-order valence-electron chi connectivity index (χ4n) is 1.99. The number of phenolic OH excluding ortho intramolecular Hbond substituents is 1. The number of amides is 1. The number of phenols is 1. The molecule has 3 heteroatoms. The van der Waals surface area contributed by atoms with Crippen LogP contribution < -0.4 is 5.32 Å². The minimum absolute atomic E-state index is 0.141. The van der Waals surface area contributed by atoms with Gasteiger partial charge in [0, 0.05) is 17.5 Å². The summed E-state index contributed by atoms with van der Waals surface area (Å²) in [7, 11) is 0. The molecular formula is C15H17NO2. The number of aryl methyl sites for hydroxylation is 1. The molecule has 3 nitrogen and oxygen atoms in total. The summed E-state index contributed by atoms with van der Waals surface area (Å²) < 4.78 is 0. The van der Waals surface area contributed by atoms with Gasteiger partial charge in [0.1, 0.15) is 5.75 Å².